The highest BCUT2D eigenvalue weighted by Gasteiger charge is 2.11. The zero-order valence-electron chi connectivity index (χ0n) is 10.8. The van der Waals surface area contributed by atoms with Crippen molar-refractivity contribution >= 4 is 29.1 Å². The monoisotopic (exact) mass is 278 g/mol. The van der Waals surface area contributed by atoms with Crippen molar-refractivity contribution in [1.29, 1.82) is 0 Å². The highest BCUT2D eigenvalue weighted by molar-refractivity contribution is 5.88. The second kappa shape index (κ2) is 4.21. The van der Waals surface area contributed by atoms with E-state index in [9.17, 15) is 10.2 Å². The third-order valence-corrected chi connectivity index (χ3v) is 3.36. The number of hydrogen-bond donors (Lipinski definition) is 2. The van der Waals surface area contributed by atoms with Gasteiger partial charge in [-0.1, -0.05) is 6.07 Å². The van der Waals surface area contributed by atoms with E-state index in [4.69, 9.17) is 4.42 Å². The van der Waals surface area contributed by atoms with Crippen molar-refractivity contribution in [2.75, 3.05) is 0 Å². The molecular formula is C16H10N2O3. The van der Waals surface area contributed by atoms with Gasteiger partial charge in [-0.2, -0.15) is 0 Å². The smallest absolute Gasteiger partial charge is 0.170 e. The first-order valence-electron chi connectivity index (χ1n) is 6.37. The van der Waals surface area contributed by atoms with Crippen LogP contribution in [0.1, 0.15) is 5.76 Å². The maximum Gasteiger partial charge on any atom is 0.170 e. The molecule has 0 fully saturated rings. The Balaban J connectivity index is 1.91. The molecule has 4 rings (SSSR count). The van der Waals surface area contributed by atoms with Crippen molar-refractivity contribution in [1.82, 2.24) is 0 Å². The first-order chi connectivity index (χ1) is 10.2. The Labute approximate surface area is 118 Å². The summed E-state index contributed by atoms with van der Waals surface area (Å²) in [5.41, 5.74) is 1.23. The molecule has 2 heterocycles. The fourth-order valence-corrected chi connectivity index (χ4v) is 2.34. The Bertz CT molecular complexity index is 1020. The van der Waals surface area contributed by atoms with Crippen LogP contribution in [0.4, 0.5) is 5.69 Å². The summed E-state index contributed by atoms with van der Waals surface area (Å²) in [7, 11) is 0. The maximum absolute atomic E-state index is 10.2. The van der Waals surface area contributed by atoms with Gasteiger partial charge in [0, 0.05) is 6.07 Å². The molecule has 5 heteroatoms. The number of phenolic OH excluding ortho intramolecular Hbond substituents is 1. The molecule has 0 atom stereocenters. The number of phenols is 1. The molecule has 0 bridgehead atoms. The van der Waals surface area contributed by atoms with Crippen LogP contribution in [-0.4, -0.2) is 16.6 Å². The predicted octanol–water partition coefficient (Wildman–Crippen LogP) is 1.97. The normalized spacial score (nSPS) is 13.6. The summed E-state index contributed by atoms with van der Waals surface area (Å²) in [4.78, 5) is 8.24. The van der Waals surface area contributed by atoms with Gasteiger partial charge in [0.2, 0.25) is 0 Å². The molecule has 0 aliphatic carbocycles. The van der Waals surface area contributed by atoms with Crippen LogP contribution in [0.25, 0.3) is 17.0 Å². The van der Waals surface area contributed by atoms with Crippen LogP contribution in [0.3, 0.4) is 0 Å². The topological polar surface area (TPSA) is 78.3 Å². The highest BCUT2D eigenvalue weighted by Crippen LogP contribution is 2.34. The fourth-order valence-electron chi connectivity index (χ4n) is 2.34. The molecule has 0 amide bonds. The third kappa shape index (κ3) is 1.87. The molecule has 0 saturated carbocycles. The number of nitrogens with zero attached hydrogens (tertiary/aromatic N) is 2. The lowest BCUT2D eigenvalue weighted by molar-refractivity contribution is 0.459. The van der Waals surface area contributed by atoms with Crippen molar-refractivity contribution in [2.24, 2.45) is 9.98 Å². The minimum Gasteiger partial charge on any atom is -0.508 e. The standard InChI is InChI=1S/C16H10N2O3/c19-10-2-3-11-14(7-10)21-15(16(11)20)6-9-1-4-12-13(5-9)18-8-17-12/h1-8,19-20H/b9-6+. The van der Waals surface area contributed by atoms with E-state index < -0.39 is 0 Å². The number of aliphatic imine (C=N–C) groups is 1. The van der Waals surface area contributed by atoms with Crippen molar-refractivity contribution < 1.29 is 14.6 Å². The van der Waals surface area contributed by atoms with Crippen LogP contribution in [0.5, 0.6) is 11.5 Å². The molecule has 0 radical (unpaired) electrons. The summed E-state index contributed by atoms with van der Waals surface area (Å²) in [6.07, 6.45) is 3.23. The summed E-state index contributed by atoms with van der Waals surface area (Å²) >= 11 is 0. The zero-order chi connectivity index (χ0) is 14.4. The number of rotatable bonds is 1. The van der Waals surface area contributed by atoms with Gasteiger partial charge in [0.15, 0.2) is 11.5 Å². The molecule has 1 aliphatic heterocycles. The van der Waals surface area contributed by atoms with E-state index >= 15 is 0 Å². The Morgan fingerprint density at radius 3 is 2.86 bits per heavy atom. The summed E-state index contributed by atoms with van der Waals surface area (Å²) in [5, 5.41) is 21.9. The molecule has 1 aromatic heterocycles. The van der Waals surface area contributed by atoms with Crippen molar-refractivity contribution in [3.05, 3.63) is 52.7 Å². The summed E-state index contributed by atoms with van der Waals surface area (Å²) in [5.74, 6) is 0.490. The van der Waals surface area contributed by atoms with Crippen LogP contribution in [0, 0.1) is 0 Å². The molecule has 5 nitrogen and oxygen atoms in total. The van der Waals surface area contributed by atoms with E-state index in [-0.39, 0.29) is 11.5 Å². The first kappa shape index (κ1) is 11.7. The zero-order valence-corrected chi connectivity index (χ0v) is 10.8. The van der Waals surface area contributed by atoms with Crippen molar-refractivity contribution in [2.45, 2.75) is 0 Å². The quantitative estimate of drug-likeness (QED) is 0.714. The Morgan fingerprint density at radius 2 is 1.95 bits per heavy atom. The lowest BCUT2D eigenvalue weighted by Gasteiger charge is -1.91. The van der Waals surface area contributed by atoms with Gasteiger partial charge in [-0.15, -0.1) is 0 Å². The van der Waals surface area contributed by atoms with E-state index in [1.807, 2.05) is 18.2 Å². The Morgan fingerprint density at radius 1 is 1.05 bits per heavy atom. The van der Waals surface area contributed by atoms with Gasteiger partial charge in [0.1, 0.15) is 17.7 Å². The number of furan rings is 1. The van der Waals surface area contributed by atoms with Gasteiger partial charge in [-0.3, -0.25) is 0 Å². The second-order valence-corrected chi connectivity index (χ2v) is 4.76. The summed E-state index contributed by atoms with van der Waals surface area (Å²) in [6, 6.07) is 10.2. The minimum atomic E-state index is 0.0543. The Kier molecular flexibility index (Phi) is 2.35. The SMILES string of the molecule is Oc1ccc2c(O)c(/C=c3\ccc4c(c3)N=CN=4)oc2c1. The van der Waals surface area contributed by atoms with Crippen LogP contribution in [0.15, 0.2) is 50.8 Å². The molecular weight excluding hydrogens is 268 g/mol. The van der Waals surface area contributed by atoms with Gasteiger partial charge in [-0.25, -0.2) is 9.98 Å². The van der Waals surface area contributed by atoms with Crippen LogP contribution in [0.2, 0.25) is 0 Å². The average Bonchev–Trinajstić information content (AvgIpc) is 3.04. The number of fused-ring (bicyclic) bond motifs is 2. The Hall–Kier alpha value is -3.08. The van der Waals surface area contributed by atoms with Gasteiger partial charge >= 0.3 is 0 Å². The average molecular weight is 278 g/mol. The number of aromatic hydroxyl groups is 2. The minimum absolute atomic E-state index is 0.0543. The molecule has 1 aliphatic rings. The molecule has 3 aromatic rings. The molecule has 2 aromatic carbocycles. The van der Waals surface area contributed by atoms with E-state index in [0.29, 0.717) is 16.7 Å². The van der Waals surface area contributed by atoms with Gasteiger partial charge < -0.3 is 14.6 Å². The van der Waals surface area contributed by atoms with Crippen LogP contribution < -0.4 is 10.6 Å². The van der Waals surface area contributed by atoms with Gasteiger partial charge in [-0.05, 0) is 35.6 Å². The lowest BCUT2D eigenvalue weighted by Crippen LogP contribution is -2.06. The predicted molar refractivity (Wildman–Crippen MR) is 78.5 cm³/mol. The van der Waals surface area contributed by atoms with E-state index in [2.05, 4.69) is 9.98 Å². The van der Waals surface area contributed by atoms with Crippen molar-refractivity contribution in [3.8, 4) is 11.5 Å². The number of hydrogen-bond acceptors (Lipinski definition) is 5. The van der Waals surface area contributed by atoms with Crippen LogP contribution in [-0.2, 0) is 0 Å². The van der Waals surface area contributed by atoms with E-state index in [0.717, 1.165) is 16.3 Å². The first-order valence-corrected chi connectivity index (χ1v) is 6.37. The summed E-state index contributed by atoms with van der Waals surface area (Å²) in [6.45, 7) is 0. The van der Waals surface area contributed by atoms with Crippen molar-refractivity contribution in [3.63, 3.8) is 0 Å². The number of benzene rings is 2. The van der Waals surface area contributed by atoms with Crippen LogP contribution >= 0.6 is 0 Å². The molecule has 0 unspecified atom stereocenters. The molecule has 0 saturated heterocycles. The third-order valence-electron chi connectivity index (χ3n) is 3.36. The van der Waals surface area contributed by atoms with E-state index in [1.54, 1.807) is 12.1 Å². The fraction of sp³-hybridized carbons (Fsp3) is 0. The highest BCUT2D eigenvalue weighted by atomic mass is 16.4. The molecule has 2 N–H and O–H groups in total. The van der Waals surface area contributed by atoms with Gasteiger partial charge in [0.05, 0.1) is 16.4 Å². The summed E-state index contributed by atoms with van der Waals surface area (Å²) < 4.78 is 5.58. The second-order valence-electron chi connectivity index (χ2n) is 4.76. The van der Waals surface area contributed by atoms with E-state index in [1.165, 1.54) is 18.5 Å². The maximum atomic E-state index is 10.2. The molecule has 0 spiro atoms. The molecule has 102 valence electrons. The van der Waals surface area contributed by atoms with Gasteiger partial charge in [0.25, 0.3) is 0 Å². The molecule has 21 heavy (non-hydrogen) atoms. The largest absolute Gasteiger partial charge is 0.508 e. The lowest BCUT2D eigenvalue weighted by atomic mass is 10.2.